The molecule has 1 aromatic carbocycles. The van der Waals surface area contributed by atoms with Gasteiger partial charge in [-0.15, -0.1) is 22.7 Å². The van der Waals surface area contributed by atoms with Crippen LogP contribution in [0.15, 0.2) is 64.2 Å². The molecule has 0 atom stereocenters. The van der Waals surface area contributed by atoms with E-state index in [1.165, 1.54) is 34.9 Å². The predicted octanol–water partition coefficient (Wildman–Crippen LogP) is 4.03. The molecule has 0 saturated heterocycles. The minimum Gasteiger partial charge on any atom is -0.465 e. The molecule has 0 unspecified atom stereocenters. The Morgan fingerprint density at radius 2 is 1.74 bits per heavy atom. The van der Waals surface area contributed by atoms with E-state index in [-0.39, 0.29) is 10.5 Å². The van der Waals surface area contributed by atoms with E-state index in [9.17, 15) is 13.2 Å². The molecule has 0 bridgehead atoms. The molecule has 0 spiro atoms. The summed E-state index contributed by atoms with van der Waals surface area (Å²) in [4.78, 5) is 14.0. The summed E-state index contributed by atoms with van der Waals surface area (Å²) in [6.45, 7) is 0.664. The van der Waals surface area contributed by atoms with Gasteiger partial charge in [-0.2, -0.15) is 4.31 Å². The number of ether oxygens (including phenoxy) is 1. The molecule has 0 fully saturated rings. The van der Waals surface area contributed by atoms with Gasteiger partial charge >= 0.3 is 5.97 Å². The van der Waals surface area contributed by atoms with Gasteiger partial charge in [0.15, 0.2) is 0 Å². The highest BCUT2D eigenvalue weighted by atomic mass is 32.2. The zero-order valence-electron chi connectivity index (χ0n) is 14.7. The molecule has 3 aromatic rings. The summed E-state index contributed by atoms with van der Waals surface area (Å²) in [7, 11) is -2.49. The Balaban J connectivity index is 1.90. The quantitative estimate of drug-likeness (QED) is 0.515. The van der Waals surface area contributed by atoms with Crippen LogP contribution in [0.4, 0.5) is 0 Å². The lowest BCUT2D eigenvalue weighted by Crippen LogP contribution is -2.32. The highest BCUT2D eigenvalue weighted by Crippen LogP contribution is 2.23. The Morgan fingerprint density at radius 1 is 1.04 bits per heavy atom. The van der Waals surface area contributed by atoms with Gasteiger partial charge in [-0.25, -0.2) is 13.2 Å². The minimum absolute atomic E-state index is 0.0909. The Labute approximate surface area is 166 Å². The van der Waals surface area contributed by atoms with Crippen LogP contribution in [0.2, 0.25) is 0 Å². The number of nitrogens with zero attached hydrogens (tertiary/aromatic N) is 1. The largest absolute Gasteiger partial charge is 0.465 e. The second kappa shape index (κ2) is 8.79. The number of esters is 1. The summed E-state index contributed by atoms with van der Waals surface area (Å²) in [6, 6.07) is 13.8. The van der Waals surface area contributed by atoms with Crippen molar-refractivity contribution in [1.82, 2.24) is 4.31 Å². The molecular weight excluding hydrogens is 402 g/mol. The number of hydrogen-bond acceptors (Lipinski definition) is 6. The molecule has 5 nitrogen and oxygen atoms in total. The molecule has 27 heavy (non-hydrogen) atoms. The van der Waals surface area contributed by atoms with Crippen LogP contribution >= 0.6 is 22.7 Å². The first kappa shape index (κ1) is 19.8. The summed E-state index contributed by atoms with van der Waals surface area (Å²) < 4.78 is 32.7. The van der Waals surface area contributed by atoms with Crippen molar-refractivity contribution in [3.05, 3.63) is 74.6 Å². The van der Waals surface area contributed by atoms with Crippen LogP contribution in [0.25, 0.3) is 0 Å². The predicted molar refractivity (Wildman–Crippen MR) is 108 cm³/mol. The minimum atomic E-state index is -3.76. The monoisotopic (exact) mass is 421 g/mol. The van der Waals surface area contributed by atoms with Gasteiger partial charge in [0.25, 0.3) is 0 Å². The number of thiophene rings is 2. The van der Waals surface area contributed by atoms with Gasteiger partial charge in [-0.1, -0.05) is 18.2 Å². The maximum absolute atomic E-state index is 13.3. The van der Waals surface area contributed by atoms with Crippen molar-refractivity contribution in [1.29, 1.82) is 0 Å². The van der Waals surface area contributed by atoms with Crippen molar-refractivity contribution in [3.63, 3.8) is 0 Å². The highest BCUT2D eigenvalue weighted by molar-refractivity contribution is 7.89. The first-order valence-electron chi connectivity index (χ1n) is 8.24. The molecule has 0 radical (unpaired) electrons. The van der Waals surface area contributed by atoms with E-state index in [1.54, 1.807) is 23.5 Å². The van der Waals surface area contributed by atoms with Crippen molar-refractivity contribution < 1.29 is 17.9 Å². The van der Waals surface area contributed by atoms with Gasteiger partial charge in [0.1, 0.15) is 0 Å². The van der Waals surface area contributed by atoms with Crippen LogP contribution in [-0.4, -0.2) is 32.3 Å². The van der Waals surface area contributed by atoms with Gasteiger partial charge in [-0.05, 0) is 47.5 Å². The first-order valence-corrected chi connectivity index (χ1v) is 11.4. The fraction of sp³-hybridized carbons (Fsp3) is 0.211. The molecule has 2 aromatic heterocycles. The number of rotatable bonds is 8. The van der Waals surface area contributed by atoms with Gasteiger partial charge < -0.3 is 4.74 Å². The number of hydrogen-bond donors (Lipinski definition) is 0. The molecule has 8 heteroatoms. The zero-order valence-corrected chi connectivity index (χ0v) is 17.1. The number of methoxy groups -OCH3 is 1. The van der Waals surface area contributed by atoms with Crippen LogP contribution in [0.1, 0.15) is 20.1 Å². The average molecular weight is 422 g/mol. The van der Waals surface area contributed by atoms with E-state index in [1.807, 2.05) is 35.0 Å². The fourth-order valence-corrected chi connectivity index (χ4v) is 5.57. The van der Waals surface area contributed by atoms with Crippen LogP contribution in [0.5, 0.6) is 0 Å². The third kappa shape index (κ3) is 4.84. The zero-order chi connectivity index (χ0) is 19.3. The summed E-state index contributed by atoms with van der Waals surface area (Å²) in [5.74, 6) is -0.560. The molecule has 0 aliphatic carbocycles. The first-order chi connectivity index (χ1) is 13.0. The molecule has 0 aliphatic heterocycles. The van der Waals surface area contributed by atoms with Crippen molar-refractivity contribution in [2.45, 2.75) is 17.9 Å². The third-order valence-electron chi connectivity index (χ3n) is 3.99. The summed E-state index contributed by atoms with van der Waals surface area (Å²) in [5, 5.41) is 3.91. The molecule has 2 heterocycles. The molecule has 0 aliphatic rings. The normalized spacial score (nSPS) is 11.6. The number of sulfonamides is 1. The van der Waals surface area contributed by atoms with Gasteiger partial charge in [0, 0.05) is 22.8 Å². The lowest BCUT2D eigenvalue weighted by Gasteiger charge is -2.22. The standard InChI is InChI=1S/C19H19NO4S3/c1-24-19(21)15-5-2-8-18(13-15)27(22,23)20(14-17-7-4-12-26-17)10-9-16-6-3-11-25-16/h2-8,11-13H,9-10,14H2,1H3. The van der Waals surface area contributed by atoms with Crippen LogP contribution in [-0.2, 0) is 27.7 Å². The van der Waals surface area contributed by atoms with E-state index in [0.717, 1.165) is 9.75 Å². The van der Waals surface area contributed by atoms with E-state index >= 15 is 0 Å². The molecule has 0 N–H and O–H groups in total. The second-order valence-electron chi connectivity index (χ2n) is 5.77. The van der Waals surface area contributed by atoms with E-state index in [0.29, 0.717) is 19.5 Å². The van der Waals surface area contributed by atoms with Crippen molar-refractivity contribution in [2.24, 2.45) is 0 Å². The summed E-state index contributed by atoms with van der Waals surface area (Å²) in [6.07, 6.45) is 0.638. The lowest BCUT2D eigenvalue weighted by atomic mass is 10.2. The summed E-state index contributed by atoms with van der Waals surface area (Å²) in [5.41, 5.74) is 0.216. The third-order valence-corrected chi connectivity index (χ3v) is 7.63. The van der Waals surface area contributed by atoms with Crippen LogP contribution < -0.4 is 0 Å². The number of carbonyl (C=O) groups excluding carboxylic acids is 1. The Kier molecular flexibility index (Phi) is 6.43. The molecule has 3 rings (SSSR count). The van der Waals surface area contributed by atoms with Gasteiger partial charge in [0.05, 0.1) is 17.6 Å². The Bertz CT molecular complexity index is 980. The maximum atomic E-state index is 13.3. The van der Waals surface area contributed by atoms with Crippen LogP contribution in [0, 0.1) is 0 Å². The van der Waals surface area contributed by atoms with Gasteiger partial charge in [-0.3, -0.25) is 0 Å². The van der Waals surface area contributed by atoms with Crippen molar-refractivity contribution >= 4 is 38.7 Å². The topological polar surface area (TPSA) is 63.7 Å². The van der Waals surface area contributed by atoms with E-state index in [2.05, 4.69) is 0 Å². The SMILES string of the molecule is COC(=O)c1cccc(S(=O)(=O)N(CCc2cccs2)Cc2cccs2)c1. The van der Waals surface area contributed by atoms with E-state index in [4.69, 9.17) is 4.74 Å². The maximum Gasteiger partial charge on any atom is 0.337 e. The van der Waals surface area contributed by atoms with Gasteiger partial charge in [0.2, 0.25) is 10.0 Å². The van der Waals surface area contributed by atoms with Crippen molar-refractivity contribution in [2.75, 3.05) is 13.7 Å². The lowest BCUT2D eigenvalue weighted by molar-refractivity contribution is 0.0600. The average Bonchev–Trinajstić information content (AvgIpc) is 3.38. The molecular formula is C19H19NO4S3. The number of carbonyl (C=O) groups is 1. The molecule has 0 amide bonds. The number of benzene rings is 1. The molecule has 0 saturated carbocycles. The molecule has 142 valence electrons. The smallest absolute Gasteiger partial charge is 0.337 e. The Hall–Kier alpha value is -2.00. The summed E-state index contributed by atoms with van der Waals surface area (Å²) >= 11 is 3.13. The fourth-order valence-electron chi connectivity index (χ4n) is 2.60. The highest BCUT2D eigenvalue weighted by Gasteiger charge is 2.26. The Morgan fingerprint density at radius 3 is 2.37 bits per heavy atom. The van der Waals surface area contributed by atoms with Crippen molar-refractivity contribution in [3.8, 4) is 0 Å². The second-order valence-corrected chi connectivity index (χ2v) is 9.77. The van der Waals surface area contributed by atoms with Crippen LogP contribution in [0.3, 0.4) is 0 Å². The van der Waals surface area contributed by atoms with E-state index < -0.39 is 16.0 Å².